The van der Waals surface area contributed by atoms with Gasteiger partial charge in [0, 0.05) is 17.1 Å². The average Bonchev–Trinajstić information content (AvgIpc) is 3.51. The van der Waals surface area contributed by atoms with Gasteiger partial charge in [-0.05, 0) is 49.1 Å². The summed E-state index contributed by atoms with van der Waals surface area (Å²) in [6, 6.07) is 6.43. The van der Waals surface area contributed by atoms with Crippen LogP contribution in [-0.4, -0.2) is 41.1 Å². The molecule has 6 nitrogen and oxygen atoms in total. The van der Waals surface area contributed by atoms with Gasteiger partial charge in [0.1, 0.15) is 0 Å². The van der Waals surface area contributed by atoms with Crippen LogP contribution < -0.4 is 0 Å². The molecule has 30 heavy (non-hydrogen) atoms. The topological polar surface area (TPSA) is 80.8 Å². The lowest BCUT2D eigenvalue weighted by atomic mass is 9.63. The van der Waals surface area contributed by atoms with Crippen LogP contribution in [0.3, 0.4) is 0 Å². The molecule has 0 radical (unpaired) electrons. The summed E-state index contributed by atoms with van der Waals surface area (Å²) in [7, 11) is 0. The number of benzene rings is 1. The Kier molecular flexibility index (Phi) is 4.58. The molecule has 1 heterocycles. The predicted molar refractivity (Wildman–Crippen MR) is 107 cm³/mol. The van der Waals surface area contributed by atoms with Gasteiger partial charge in [-0.2, -0.15) is 0 Å². The number of hydrogen-bond acceptors (Lipinski definition) is 5. The van der Waals surface area contributed by atoms with Crippen molar-refractivity contribution in [1.82, 2.24) is 4.90 Å². The van der Waals surface area contributed by atoms with Crippen LogP contribution in [0.5, 0.6) is 0 Å². The number of carbonyl (C=O) groups is 4. The Morgan fingerprint density at radius 3 is 2.37 bits per heavy atom. The van der Waals surface area contributed by atoms with E-state index in [1.54, 1.807) is 18.2 Å². The molecular formula is C23H22ClNO5. The standard InChI is InChI=1S/C23H22ClNO5/c1-11(21(27)12-3-2-4-13(24)9-12)30-18(26)7-8-25-22(28)19-14-5-6-15(17-10-16(14)17)20(19)23(25)29/h2-6,9,11,14-17,19-20H,7-8,10H2,1H3/t11-,14-,15-,16-,17+,19-,20+/m0/s1. The summed E-state index contributed by atoms with van der Waals surface area (Å²) in [6.07, 6.45) is 4.24. The summed E-state index contributed by atoms with van der Waals surface area (Å²) >= 11 is 5.90. The van der Waals surface area contributed by atoms with E-state index in [1.165, 1.54) is 17.9 Å². The van der Waals surface area contributed by atoms with Crippen LogP contribution in [0.15, 0.2) is 36.4 Å². The summed E-state index contributed by atoms with van der Waals surface area (Å²) in [4.78, 5) is 51.8. The summed E-state index contributed by atoms with van der Waals surface area (Å²) in [5.74, 6) is -0.420. The summed E-state index contributed by atoms with van der Waals surface area (Å²) < 4.78 is 5.24. The number of rotatable bonds is 6. The lowest BCUT2D eigenvalue weighted by Crippen LogP contribution is -2.40. The van der Waals surface area contributed by atoms with Crippen LogP contribution in [0.4, 0.5) is 0 Å². The van der Waals surface area contributed by atoms with E-state index in [4.69, 9.17) is 16.3 Å². The van der Waals surface area contributed by atoms with Crippen LogP contribution in [0.1, 0.15) is 30.1 Å². The van der Waals surface area contributed by atoms with Crippen molar-refractivity contribution in [2.45, 2.75) is 25.9 Å². The van der Waals surface area contributed by atoms with Gasteiger partial charge in [0.05, 0.1) is 18.3 Å². The van der Waals surface area contributed by atoms with Crippen molar-refractivity contribution in [3.63, 3.8) is 0 Å². The van der Waals surface area contributed by atoms with Crippen LogP contribution in [0.25, 0.3) is 0 Å². The van der Waals surface area contributed by atoms with Crippen LogP contribution >= 0.6 is 11.6 Å². The van der Waals surface area contributed by atoms with Crippen LogP contribution in [0, 0.1) is 35.5 Å². The molecular weight excluding hydrogens is 406 g/mol. The second-order valence-corrected chi connectivity index (χ2v) is 9.18. The number of ketones is 1. The van der Waals surface area contributed by atoms with Gasteiger partial charge in [-0.25, -0.2) is 0 Å². The fourth-order valence-electron chi connectivity index (χ4n) is 5.63. The third kappa shape index (κ3) is 3.00. The van der Waals surface area contributed by atoms with Crippen molar-refractivity contribution in [2.75, 3.05) is 6.54 Å². The molecule has 0 unspecified atom stereocenters. The Morgan fingerprint density at radius 2 is 1.77 bits per heavy atom. The summed E-state index contributed by atoms with van der Waals surface area (Å²) in [5.41, 5.74) is 0.360. The van der Waals surface area contributed by atoms with E-state index in [9.17, 15) is 19.2 Å². The highest BCUT2D eigenvalue weighted by atomic mass is 35.5. The monoisotopic (exact) mass is 427 g/mol. The second kappa shape index (κ2) is 7.05. The second-order valence-electron chi connectivity index (χ2n) is 8.74. The largest absolute Gasteiger partial charge is 0.454 e. The first-order valence-electron chi connectivity index (χ1n) is 10.4. The van der Waals surface area contributed by atoms with Gasteiger partial charge in [0.25, 0.3) is 0 Å². The number of nitrogens with zero attached hydrogens (tertiary/aromatic N) is 1. The van der Waals surface area contributed by atoms with E-state index in [-0.39, 0.29) is 54.2 Å². The van der Waals surface area contributed by atoms with Gasteiger partial charge in [-0.3, -0.25) is 24.1 Å². The van der Waals surface area contributed by atoms with Gasteiger partial charge < -0.3 is 4.74 Å². The van der Waals surface area contributed by atoms with Crippen molar-refractivity contribution in [1.29, 1.82) is 0 Å². The minimum absolute atomic E-state index is 0.00362. The van der Waals surface area contributed by atoms with E-state index >= 15 is 0 Å². The molecule has 0 N–H and O–H groups in total. The van der Waals surface area contributed by atoms with Crippen molar-refractivity contribution in [3.8, 4) is 0 Å². The molecule has 3 fully saturated rings. The molecule has 5 aliphatic rings. The maximum absolute atomic E-state index is 12.9. The Hall–Kier alpha value is -2.47. The number of Topliss-reactive ketones (excluding diaryl/α,β-unsaturated/α-hetero) is 1. The van der Waals surface area contributed by atoms with Gasteiger partial charge in [0.15, 0.2) is 6.10 Å². The quantitative estimate of drug-likeness (QED) is 0.302. The summed E-state index contributed by atoms with van der Waals surface area (Å²) in [6.45, 7) is 1.49. The Balaban J connectivity index is 1.19. The number of likely N-dealkylation sites (tertiary alicyclic amines) is 1. The first-order chi connectivity index (χ1) is 14.4. The Bertz CT molecular complexity index is 952. The molecule has 4 aliphatic carbocycles. The molecule has 2 saturated carbocycles. The summed E-state index contributed by atoms with van der Waals surface area (Å²) in [5, 5.41) is 0.424. The van der Waals surface area contributed by atoms with Crippen molar-refractivity contribution in [3.05, 3.63) is 47.0 Å². The fraction of sp³-hybridized carbons (Fsp3) is 0.478. The molecule has 1 saturated heterocycles. The molecule has 7 atom stereocenters. The van der Waals surface area contributed by atoms with Gasteiger partial charge in [0.2, 0.25) is 17.6 Å². The SMILES string of the molecule is C[C@H](OC(=O)CCN1C(=O)[C@@H]2[C@H]3C=C[C@@H]([C@@H]4C[C@H]34)[C@@H]2C1=O)C(=O)c1cccc(Cl)c1. The molecule has 1 aliphatic heterocycles. The van der Waals surface area contributed by atoms with Crippen molar-refractivity contribution in [2.24, 2.45) is 35.5 Å². The average molecular weight is 428 g/mol. The molecule has 2 bridgehead atoms. The number of imide groups is 1. The zero-order valence-corrected chi connectivity index (χ0v) is 17.2. The van der Waals surface area contributed by atoms with Crippen molar-refractivity contribution >= 4 is 35.2 Å². The zero-order valence-electron chi connectivity index (χ0n) is 16.5. The minimum Gasteiger partial charge on any atom is -0.454 e. The van der Waals surface area contributed by atoms with Crippen molar-refractivity contribution < 1.29 is 23.9 Å². The number of hydrogen-bond donors (Lipinski definition) is 0. The first-order valence-corrected chi connectivity index (χ1v) is 10.8. The van der Waals surface area contributed by atoms with Crippen LogP contribution in [0.2, 0.25) is 5.02 Å². The normalized spacial score (nSPS) is 33.9. The fourth-order valence-corrected chi connectivity index (χ4v) is 5.82. The highest BCUT2D eigenvalue weighted by Crippen LogP contribution is 2.65. The van der Waals surface area contributed by atoms with E-state index in [0.717, 1.165) is 6.42 Å². The number of ether oxygens (including phenoxy) is 1. The van der Waals surface area contributed by atoms with E-state index in [0.29, 0.717) is 22.4 Å². The van der Waals surface area contributed by atoms with E-state index in [2.05, 4.69) is 12.2 Å². The Morgan fingerprint density at radius 1 is 1.13 bits per heavy atom. The first kappa shape index (κ1) is 19.5. The van der Waals surface area contributed by atoms with E-state index in [1.807, 2.05) is 0 Å². The molecule has 0 spiro atoms. The maximum atomic E-state index is 12.9. The molecule has 2 amide bonds. The third-order valence-corrected chi connectivity index (χ3v) is 7.32. The highest BCUT2D eigenvalue weighted by molar-refractivity contribution is 6.31. The Labute approximate surface area is 179 Å². The molecule has 0 aromatic heterocycles. The number of amides is 2. The zero-order chi connectivity index (χ0) is 21.2. The molecule has 1 aromatic rings. The molecule has 1 aromatic carbocycles. The highest BCUT2D eigenvalue weighted by Gasteiger charge is 2.66. The van der Waals surface area contributed by atoms with Gasteiger partial charge in [-0.15, -0.1) is 0 Å². The van der Waals surface area contributed by atoms with Crippen LogP contribution in [-0.2, 0) is 19.1 Å². The molecule has 7 heteroatoms. The lowest BCUT2D eigenvalue weighted by Gasteiger charge is -2.37. The van der Waals surface area contributed by atoms with Gasteiger partial charge in [-0.1, -0.05) is 35.9 Å². The lowest BCUT2D eigenvalue weighted by molar-refractivity contribution is -0.148. The maximum Gasteiger partial charge on any atom is 0.308 e. The van der Waals surface area contributed by atoms with E-state index < -0.39 is 12.1 Å². The number of halogens is 1. The molecule has 156 valence electrons. The predicted octanol–water partition coefficient (Wildman–Crippen LogP) is 2.90. The van der Waals surface area contributed by atoms with Gasteiger partial charge >= 0.3 is 5.97 Å². The minimum atomic E-state index is -0.976. The smallest absolute Gasteiger partial charge is 0.308 e. The number of allylic oxidation sites excluding steroid dienone is 2. The number of carbonyl (C=O) groups excluding carboxylic acids is 4. The number of esters is 1. The third-order valence-electron chi connectivity index (χ3n) is 7.08. The molecule has 6 rings (SSSR count).